The van der Waals surface area contributed by atoms with E-state index in [1.807, 2.05) is 0 Å². The molecular weight excluding hydrogens is 394 g/mol. The number of para-hydroxylation sites is 1. The quantitative estimate of drug-likeness (QED) is 0.607. The first-order chi connectivity index (χ1) is 14.4. The number of aromatic nitrogens is 2. The first kappa shape index (κ1) is 20.8. The number of aryl methyl sites for hydroxylation is 1. The van der Waals surface area contributed by atoms with Crippen molar-refractivity contribution in [3.8, 4) is 0 Å². The number of esters is 2. The van der Waals surface area contributed by atoms with Crippen molar-refractivity contribution in [1.82, 2.24) is 9.55 Å². The third kappa shape index (κ3) is 3.93. The summed E-state index contributed by atoms with van der Waals surface area (Å²) in [4.78, 5) is 53.5. The smallest absolute Gasteiger partial charge is 0.342 e. The molecule has 0 aliphatic rings. The number of hydrogen-bond acceptors (Lipinski definition) is 8. The fourth-order valence-electron chi connectivity index (χ4n) is 2.92. The van der Waals surface area contributed by atoms with Crippen molar-refractivity contribution in [1.29, 1.82) is 0 Å². The van der Waals surface area contributed by atoms with Crippen LogP contribution in [0, 0.1) is 6.92 Å². The number of ether oxygens (including phenoxy) is 2. The van der Waals surface area contributed by atoms with Crippen LogP contribution in [-0.4, -0.2) is 41.1 Å². The zero-order valence-electron chi connectivity index (χ0n) is 16.6. The lowest BCUT2D eigenvalue weighted by molar-refractivity contribution is -0.116. The van der Waals surface area contributed by atoms with Gasteiger partial charge in [0.25, 0.3) is 5.56 Å². The summed E-state index contributed by atoms with van der Waals surface area (Å²) in [6, 6.07) is 6.30. The van der Waals surface area contributed by atoms with Crippen molar-refractivity contribution >= 4 is 34.6 Å². The molecule has 0 bridgehead atoms. The van der Waals surface area contributed by atoms with Gasteiger partial charge in [0.2, 0.25) is 11.6 Å². The number of nitrogens with one attached hydrogen (secondary N) is 1. The summed E-state index contributed by atoms with van der Waals surface area (Å²) in [5.74, 6) is -1.70. The van der Waals surface area contributed by atoms with E-state index in [0.717, 1.165) is 10.9 Å². The first-order valence-electron chi connectivity index (χ1n) is 9.00. The highest BCUT2D eigenvalue weighted by Crippen LogP contribution is 2.22. The molecule has 1 amide bonds. The molecule has 3 aromatic rings. The topological polar surface area (TPSA) is 130 Å². The highest BCUT2D eigenvalue weighted by Gasteiger charge is 2.24. The zero-order chi connectivity index (χ0) is 21.8. The number of carbonyl (C=O) groups excluding carboxylic acids is 3. The Morgan fingerprint density at radius 1 is 1.20 bits per heavy atom. The van der Waals surface area contributed by atoms with E-state index in [1.54, 1.807) is 19.1 Å². The van der Waals surface area contributed by atoms with Gasteiger partial charge in [0.05, 0.1) is 25.0 Å². The van der Waals surface area contributed by atoms with Gasteiger partial charge in [-0.05, 0) is 26.0 Å². The summed E-state index contributed by atoms with van der Waals surface area (Å²) in [6.45, 7) is 2.89. The van der Waals surface area contributed by atoms with Crippen molar-refractivity contribution in [3.05, 3.63) is 57.8 Å². The molecule has 1 N–H and O–H groups in total. The van der Waals surface area contributed by atoms with Crippen LogP contribution in [0.2, 0.25) is 0 Å². The van der Waals surface area contributed by atoms with Gasteiger partial charge in [0.1, 0.15) is 29.6 Å². The normalized spacial score (nSPS) is 10.6. The molecule has 30 heavy (non-hydrogen) atoms. The molecule has 0 radical (unpaired) electrons. The second-order valence-electron chi connectivity index (χ2n) is 6.20. The Morgan fingerprint density at radius 3 is 2.63 bits per heavy atom. The van der Waals surface area contributed by atoms with Crippen LogP contribution in [0.1, 0.15) is 33.4 Å². The average molecular weight is 413 g/mol. The lowest BCUT2D eigenvalue weighted by Crippen LogP contribution is -2.28. The third-order valence-electron chi connectivity index (χ3n) is 4.25. The summed E-state index contributed by atoms with van der Waals surface area (Å²) in [5.41, 5.74) is -0.258. The standard InChI is InChI=1S/C20H19N3O7/c1-4-29-20(27)15-11(2)30-17-16(15)18(25)23(10-21-17)9-14(24)22-13-8-6-5-7-12(13)19(26)28-3/h5-8,10H,4,9H2,1-3H3,(H,22,24). The minimum atomic E-state index is -0.707. The van der Waals surface area contributed by atoms with E-state index in [4.69, 9.17) is 13.9 Å². The molecule has 156 valence electrons. The van der Waals surface area contributed by atoms with Crippen LogP contribution in [0.25, 0.3) is 11.1 Å². The van der Waals surface area contributed by atoms with Crippen molar-refractivity contribution < 1.29 is 28.3 Å². The van der Waals surface area contributed by atoms with Crippen molar-refractivity contribution in [2.75, 3.05) is 19.0 Å². The lowest BCUT2D eigenvalue weighted by Gasteiger charge is -2.10. The Hall–Kier alpha value is -3.95. The number of nitrogens with zero attached hydrogens (tertiary/aromatic N) is 2. The summed E-state index contributed by atoms with van der Waals surface area (Å²) in [5, 5.41) is 2.51. The molecule has 3 rings (SSSR count). The van der Waals surface area contributed by atoms with Gasteiger partial charge in [-0.1, -0.05) is 12.1 Å². The molecule has 0 saturated carbocycles. The summed E-state index contributed by atoms with van der Waals surface area (Å²) < 4.78 is 16.1. The molecule has 0 aliphatic carbocycles. The number of benzene rings is 1. The highest BCUT2D eigenvalue weighted by atomic mass is 16.5. The molecule has 2 heterocycles. The molecule has 0 spiro atoms. The van der Waals surface area contributed by atoms with Crippen LogP contribution in [0.3, 0.4) is 0 Å². The van der Waals surface area contributed by atoms with E-state index in [9.17, 15) is 19.2 Å². The van der Waals surface area contributed by atoms with Crippen molar-refractivity contribution in [2.45, 2.75) is 20.4 Å². The Morgan fingerprint density at radius 2 is 1.93 bits per heavy atom. The van der Waals surface area contributed by atoms with Crippen LogP contribution in [0.5, 0.6) is 0 Å². The van der Waals surface area contributed by atoms with E-state index < -0.39 is 29.9 Å². The van der Waals surface area contributed by atoms with Crippen LogP contribution < -0.4 is 10.9 Å². The Kier molecular flexibility index (Phi) is 5.95. The molecule has 0 unspecified atom stereocenters. The highest BCUT2D eigenvalue weighted by molar-refractivity contribution is 6.03. The number of anilines is 1. The maximum absolute atomic E-state index is 12.9. The van der Waals surface area contributed by atoms with Gasteiger partial charge in [0.15, 0.2) is 0 Å². The van der Waals surface area contributed by atoms with Gasteiger partial charge in [0, 0.05) is 0 Å². The van der Waals surface area contributed by atoms with Gasteiger partial charge in [-0.15, -0.1) is 0 Å². The molecule has 10 heteroatoms. The van der Waals surface area contributed by atoms with Gasteiger partial charge >= 0.3 is 11.9 Å². The SMILES string of the molecule is CCOC(=O)c1c(C)oc2ncn(CC(=O)Nc3ccccc3C(=O)OC)c(=O)c12. The molecule has 2 aromatic heterocycles. The Labute approximate surface area is 170 Å². The van der Waals surface area contributed by atoms with Gasteiger partial charge < -0.3 is 19.2 Å². The fourth-order valence-corrected chi connectivity index (χ4v) is 2.92. The number of methoxy groups -OCH3 is 1. The van der Waals surface area contributed by atoms with E-state index in [1.165, 1.54) is 26.2 Å². The molecule has 0 fully saturated rings. The fraction of sp³-hybridized carbons (Fsp3) is 0.250. The van der Waals surface area contributed by atoms with E-state index in [2.05, 4.69) is 10.3 Å². The lowest BCUT2D eigenvalue weighted by atomic mass is 10.2. The van der Waals surface area contributed by atoms with Gasteiger partial charge in [-0.2, -0.15) is 0 Å². The minimum absolute atomic E-state index is 0.0184. The Bertz CT molecular complexity index is 1190. The number of fused-ring (bicyclic) bond motifs is 1. The maximum atomic E-state index is 12.9. The number of carbonyl (C=O) groups is 3. The van der Waals surface area contributed by atoms with Crippen LogP contribution in [0.15, 0.2) is 39.8 Å². The first-order valence-corrected chi connectivity index (χ1v) is 9.00. The third-order valence-corrected chi connectivity index (χ3v) is 4.25. The monoisotopic (exact) mass is 413 g/mol. The van der Waals surface area contributed by atoms with E-state index in [-0.39, 0.29) is 40.3 Å². The Balaban J connectivity index is 1.92. The summed E-state index contributed by atoms with van der Waals surface area (Å²) in [6.07, 6.45) is 1.15. The number of amides is 1. The van der Waals surface area contributed by atoms with Crippen LogP contribution in [-0.2, 0) is 20.8 Å². The van der Waals surface area contributed by atoms with Crippen molar-refractivity contribution in [2.24, 2.45) is 0 Å². The zero-order valence-corrected chi connectivity index (χ0v) is 16.6. The van der Waals surface area contributed by atoms with E-state index >= 15 is 0 Å². The molecule has 0 aliphatic heterocycles. The molecular formula is C20H19N3O7. The number of hydrogen-bond donors (Lipinski definition) is 1. The molecule has 0 saturated heterocycles. The summed E-state index contributed by atoms with van der Waals surface area (Å²) >= 11 is 0. The second-order valence-corrected chi connectivity index (χ2v) is 6.20. The van der Waals surface area contributed by atoms with Gasteiger partial charge in [-0.3, -0.25) is 14.2 Å². The maximum Gasteiger partial charge on any atom is 0.342 e. The largest absolute Gasteiger partial charge is 0.465 e. The predicted molar refractivity (Wildman–Crippen MR) is 105 cm³/mol. The van der Waals surface area contributed by atoms with E-state index in [0.29, 0.717) is 0 Å². The molecule has 1 aromatic carbocycles. The molecule has 10 nitrogen and oxygen atoms in total. The van der Waals surface area contributed by atoms with Gasteiger partial charge in [-0.25, -0.2) is 14.6 Å². The van der Waals surface area contributed by atoms with Crippen molar-refractivity contribution in [3.63, 3.8) is 0 Å². The van der Waals surface area contributed by atoms with Crippen LogP contribution >= 0.6 is 0 Å². The predicted octanol–water partition coefficient (Wildman–Crippen LogP) is 1.90. The van der Waals surface area contributed by atoms with Crippen LogP contribution in [0.4, 0.5) is 5.69 Å². The second kappa shape index (κ2) is 8.60. The number of furan rings is 1. The average Bonchev–Trinajstić information content (AvgIpc) is 3.07. The number of rotatable bonds is 6. The molecule has 0 atom stereocenters. The summed E-state index contributed by atoms with van der Waals surface area (Å²) in [7, 11) is 1.23. The minimum Gasteiger partial charge on any atom is -0.465 e.